The van der Waals surface area contributed by atoms with Crippen molar-refractivity contribution in [3.8, 4) is 0 Å². The van der Waals surface area contributed by atoms with Crippen molar-refractivity contribution >= 4 is 17.6 Å². The number of amidine groups is 2. The van der Waals surface area contributed by atoms with Gasteiger partial charge >= 0.3 is 0 Å². The van der Waals surface area contributed by atoms with Gasteiger partial charge in [-0.2, -0.15) is 0 Å². The third-order valence-electron chi connectivity index (χ3n) is 7.01. The van der Waals surface area contributed by atoms with E-state index in [-0.39, 0.29) is 17.2 Å². The molecule has 2 aromatic carbocycles. The molecule has 1 aliphatic heterocycles. The summed E-state index contributed by atoms with van der Waals surface area (Å²) in [5, 5.41) is 3.24. The minimum atomic E-state index is -0.0890. The zero-order chi connectivity index (χ0) is 22.6. The van der Waals surface area contributed by atoms with Crippen LogP contribution in [0, 0.1) is 18.8 Å². The van der Waals surface area contributed by atoms with Crippen molar-refractivity contribution < 1.29 is 4.79 Å². The van der Waals surface area contributed by atoms with Crippen molar-refractivity contribution in [2.45, 2.75) is 38.0 Å². The first-order chi connectivity index (χ1) is 15.5. The average molecular weight is 429 g/mol. The fraction of sp³-hybridized carbons (Fsp3) is 0.370. The van der Waals surface area contributed by atoms with E-state index in [0.717, 1.165) is 42.6 Å². The average Bonchev–Trinajstić information content (AvgIpc) is 3.64. The first-order valence-corrected chi connectivity index (χ1v) is 11.4. The number of nitrogens with two attached hydrogens (primary N) is 1. The van der Waals surface area contributed by atoms with Crippen LogP contribution in [0.3, 0.4) is 0 Å². The smallest absolute Gasteiger partial charge is 0.251 e. The van der Waals surface area contributed by atoms with E-state index in [0.29, 0.717) is 24.8 Å². The zero-order valence-electron chi connectivity index (χ0n) is 18.8. The number of aliphatic imine (C=N–C) groups is 2. The Balaban J connectivity index is 1.50. The molecule has 3 N–H and O–H groups in total. The second kappa shape index (κ2) is 9.51. The number of hydrogen-bond acceptors (Lipinski definition) is 3. The highest BCUT2D eigenvalue weighted by Gasteiger charge is 2.39. The largest absolute Gasteiger partial charge is 0.387 e. The van der Waals surface area contributed by atoms with E-state index in [1.165, 1.54) is 5.56 Å². The van der Waals surface area contributed by atoms with Gasteiger partial charge in [0.25, 0.3) is 5.91 Å². The topological polar surface area (TPSA) is 79.8 Å². The van der Waals surface area contributed by atoms with Crippen LogP contribution in [0.5, 0.6) is 0 Å². The molecule has 4 rings (SSSR count). The predicted octanol–water partition coefficient (Wildman–Crippen LogP) is 4.42. The maximum atomic E-state index is 12.9. The van der Waals surface area contributed by atoms with Crippen molar-refractivity contribution in [2.75, 3.05) is 13.1 Å². The van der Waals surface area contributed by atoms with Crippen molar-refractivity contribution in [3.05, 3.63) is 83.9 Å². The van der Waals surface area contributed by atoms with Gasteiger partial charge in [0, 0.05) is 23.4 Å². The third-order valence-corrected chi connectivity index (χ3v) is 7.01. The monoisotopic (exact) mass is 428 g/mol. The van der Waals surface area contributed by atoms with Crippen LogP contribution >= 0.6 is 0 Å². The van der Waals surface area contributed by atoms with Crippen LogP contribution in [0.25, 0.3) is 0 Å². The van der Waals surface area contributed by atoms with Gasteiger partial charge < -0.3 is 11.1 Å². The second-order valence-corrected chi connectivity index (χ2v) is 9.01. The summed E-state index contributed by atoms with van der Waals surface area (Å²) in [6, 6.07) is 18.3. The van der Waals surface area contributed by atoms with Crippen LogP contribution in [-0.2, 0) is 5.41 Å². The van der Waals surface area contributed by atoms with Gasteiger partial charge in [-0.25, -0.2) is 4.99 Å². The second-order valence-electron chi connectivity index (χ2n) is 9.01. The number of benzene rings is 2. The summed E-state index contributed by atoms with van der Waals surface area (Å²) in [5.74, 6) is 1.92. The van der Waals surface area contributed by atoms with Crippen LogP contribution in [0.4, 0.5) is 0 Å². The van der Waals surface area contributed by atoms with E-state index in [4.69, 9.17) is 5.73 Å². The molecule has 5 heteroatoms. The Morgan fingerprint density at radius 2 is 1.88 bits per heavy atom. The molecule has 32 heavy (non-hydrogen) atoms. The molecule has 2 aromatic rings. The van der Waals surface area contributed by atoms with E-state index in [1.807, 2.05) is 43.3 Å². The Hall–Kier alpha value is -3.21. The number of nitrogens with zero attached hydrogens (tertiary/aromatic N) is 2. The standard InChI is InChI=1S/C27H32N4O/c1-3-22(25(28)31-24-17-29-24)20-13-15-27(16-14-20,21-10-5-4-6-11-21)18-30-26(32)23-12-8-7-9-19(23)2/h3-12,20,22H,1,13-18H2,2H3,(H,30,32)(H2,28,29,31). The molecule has 0 aromatic heterocycles. The molecule has 1 fully saturated rings. The van der Waals surface area contributed by atoms with E-state index in [1.54, 1.807) is 0 Å². The maximum absolute atomic E-state index is 12.9. The summed E-state index contributed by atoms with van der Waals surface area (Å²) in [6.07, 6.45) is 5.91. The lowest BCUT2D eigenvalue weighted by Gasteiger charge is -2.42. The Kier molecular flexibility index (Phi) is 6.54. The Labute approximate surface area is 190 Å². The molecule has 0 bridgehead atoms. The molecule has 166 valence electrons. The minimum Gasteiger partial charge on any atom is -0.387 e. The number of nitrogens with one attached hydrogen (secondary N) is 1. The number of carbonyl (C=O) groups is 1. The maximum Gasteiger partial charge on any atom is 0.251 e. The van der Waals surface area contributed by atoms with E-state index in [9.17, 15) is 4.79 Å². The van der Waals surface area contributed by atoms with Crippen molar-refractivity contribution in [1.29, 1.82) is 0 Å². The first-order valence-electron chi connectivity index (χ1n) is 11.4. The van der Waals surface area contributed by atoms with E-state index in [2.05, 4.69) is 46.1 Å². The number of amides is 1. The summed E-state index contributed by atoms with van der Waals surface area (Å²) in [7, 11) is 0. The summed E-state index contributed by atoms with van der Waals surface area (Å²) in [5.41, 5.74) is 9.22. The summed E-state index contributed by atoms with van der Waals surface area (Å²) in [4.78, 5) is 21.5. The van der Waals surface area contributed by atoms with Crippen molar-refractivity contribution in [1.82, 2.24) is 5.32 Å². The molecule has 0 spiro atoms. The van der Waals surface area contributed by atoms with Crippen molar-refractivity contribution in [3.63, 3.8) is 0 Å². The Morgan fingerprint density at radius 3 is 2.50 bits per heavy atom. The highest BCUT2D eigenvalue weighted by Crippen LogP contribution is 2.43. The lowest BCUT2D eigenvalue weighted by molar-refractivity contribution is 0.0930. The van der Waals surface area contributed by atoms with E-state index >= 15 is 0 Å². The Bertz CT molecular complexity index is 1030. The van der Waals surface area contributed by atoms with Gasteiger partial charge in [0.2, 0.25) is 0 Å². The Morgan fingerprint density at radius 1 is 1.22 bits per heavy atom. The first kappa shape index (κ1) is 22.0. The molecular weight excluding hydrogens is 396 g/mol. The minimum absolute atomic E-state index is 0.00826. The number of carbonyl (C=O) groups excluding carboxylic acids is 1. The van der Waals surface area contributed by atoms with Crippen LogP contribution in [-0.4, -0.2) is 30.7 Å². The lowest BCUT2D eigenvalue weighted by atomic mass is 9.64. The summed E-state index contributed by atoms with van der Waals surface area (Å²) in [6.45, 7) is 7.32. The SMILES string of the molecule is C=CC(C(N)=NC1=NC1)C1CCC(CNC(=O)c2ccccc2C)(c2ccccc2)CC1. The highest BCUT2D eigenvalue weighted by molar-refractivity contribution is 6.04. The normalized spacial score (nSPS) is 23.7. The van der Waals surface area contributed by atoms with Gasteiger partial charge in [0.15, 0.2) is 0 Å². The van der Waals surface area contributed by atoms with Gasteiger partial charge in [0.05, 0.1) is 0 Å². The molecule has 1 amide bonds. The number of hydrogen-bond donors (Lipinski definition) is 2. The highest BCUT2D eigenvalue weighted by atomic mass is 16.1. The molecule has 2 aliphatic rings. The molecule has 0 radical (unpaired) electrons. The lowest BCUT2D eigenvalue weighted by Crippen LogP contribution is -2.45. The van der Waals surface area contributed by atoms with Crippen molar-refractivity contribution in [2.24, 2.45) is 27.6 Å². The van der Waals surface area contributed by atoms with Crippen LogP contribution in [0.2, 0.25) is 0 Å². The molecule has 1 unspecified atom stereocenters. The summed E-state index contributed by atoms with van der Waals surface area (Å²) < 4.78 is 0. The number of rotatable bonds is 7. The third kappa shape index (κ3) is 4.82. The molecule has 5 nitrogen and oxygen atoms in total. The molecule has 1 heterocycles. The molecular formula is C27H32N4O. The van der Waals surface area contributed by atoms with Crippen LogP contribution in [0.15, 0.2) is 77.2 Å². The van der Waals surface area contributed by atoms with Crippen LogP contribution in [0.1, 0.15) is 47.2 Å². The van der Waals surface area contributed by atoms with Gasteiger partial charge in [-0.15, -0.1) is 6.58 Å². The molecule has 1 saturated carbocycles. The van der Waals surface area contributed by atoms with Gasteiger partial charge in [-0.05, 0) is 55.7 Å². The van der Waals surface area contributed by atoms with Gasteiger partial charge in [-0.3, -0.25) is 9.79 Å². The van der Waals surface area contributed by atoms with E-state index < -0.39 is 0 Å². The van der Waals surface area contributed by atoms with Crippen LogP contribution < -0.4 is 11.1 Å². The molecule has 0 saturated heterocycles. The quantitative estimate of drug-likeness (QED) is 0.389. The fourth-order valence-electron chi connectivity index (χ4n) is 4.97. The predicted molar refractivity (Wildman–Crippen MR) is 131 cm³/mol. The zero-order valence-corrected chi connectivity index (χ0v) is 18.8. The fourth-order valence-corrected chi connectivity index (χ4v) is 4.97. The number of aryl methyl sites for hydroxylation is 1. The van der Waals surface area contributed by atoms with Gasteiger partial charge in [-0.1, -0.05) is 54.6 Å². The molecule has 1 atom stereocenters. The summed E-state index contributed by atoms with van der Waals surface area (Å²) >= 11 is 0. The van der Waals surface area contributed by atoms with Gasteiger partial charge in [0.1, 0.15) is 18.2 Å². The molecule has 1 aliphatic carbocycles.